The van der Waals surface area contributed by atoms with Crippen LogP contribution in [-0.4, -0.2) is 47.7 Å². The first kappa shape index (κ1) is 29.3. The summed E-state index contributed by atoms with van der Waals surface area (Å²) in [5, 5.41) is 10.4. The number of allylic oxidation sites excluding steroid dienone is 1. The summed E-state index contributed by atoms with van der Waals surface area (Å²) in [5.74, 6) is -3.37. The fraction of sp³-hybridized carbons (Fsp3) is 0.480. The number of carbonyl (C=O) groups excluding carboxylic acids is 5. The van der Waals surface area contributed by atoms with Crippen molar-refractivity contribution in [1.82, 2.24) is 21.3 Å². The zero-order valence-corrected chi connectivity index (χ0v) is 21.2. The molecule has 0 radical (unpaired) electrons. The Labute approximate surface area is 206 Å². The Morgan fingerprint density at radius 1 is 0.857 bits per heavy atom. The van der Waals surface area contributed by atoms with Crippen molar-refractivity contribution in [2.24, 2.45) is 17.6 Å². The highest BCUT2D eigenvalue weighted by molar-refractivity contribution is 6.01. The lowest BCUT2D eigenvalue weighted by Gasteiger charge is -2.25. The number of rotatable bonds is 12. The molecule has 1 rings (SSSR count). The summed E-state index contributed by atoms with van der Waals surface area (Å²) in [5.41, 5.74) is 6.07. The van der Waals surface area contributed by atoms with E-state index < -0.39 is 41.8 Å². The Morgan fingerprint density at radius 2 is 1.43 bits per heavy atom. The molecule has 10 nitrogen and oxygen atoms in total. The van der Waals surface area contributed by atoms with Crippen molar-refractivity contribution in [3.05, 3.63) is 47.7 Å². The molecule has 0 unspecified atom stereocenters. The van der Waals surface area contributed by atoms with Crippen LogP contribution < -0.4 is 27.0 Å². The molecule has 0 spiro atoms. The second kappa shape index (κ2) is 13.9. The highest BCUT2D eigenvalue weighted by atomic mass is 16.2. The van der Waals surface area contributed by atoms with Gasteiger partial charge in [-0.3, -0.25) is 24.0 Å². The highest BCUT2D eigenvalue weighted by Gasteiger charge is 2.30. The Morgan fingerprint density at radius 3 is 1.89 bits per heavy atom. The monoisotopic (exact) mass is 487 g/mol. The van der Waals surface area contributed by atoms with Crippen LogP contribution in [0.3, 0.4) is 0 Å². The number of nitrogens with two attached hydrogens (primary N) is 1. The predicted molar refractivity (Wildman–Crippen MR) is 132 cm³/mol. The number of primary amides is 1. The lowest BCUT2D eigenvalue weighted by atomic mass is 10.0. The maximum Gasteiger partial charge on any atom is 0.268 e. The fourth-order valence-electron chi connectivity index (χ4n) is 3.34. The summed E-state index contributed by atoms with van der Waals surface area (Å²) in [6, 6.07) is 6.26. The van der Waals surface area contributed by atoms with Gasteiger partial charge in [0, 0.05) is 13.3 Å². The number of nitrogens with one attached hydrogen (secondary N) is 4. The van der Waals surface area contributed by atoms with Gasteiger partial charge in [-0.05, 0) is 24.3 Å². The molecule has 5 amide bonds. The minimum Gasteiger partial charge on any atom is -0.368 e. The minimum absolute atomic E-state index is 0.0866. The van der Waals surface area contributed by atoms with E-state index in [4.69, 9.17) is 5.73 Å². The van der Waals surface area contributed by atoms with Crippen LogP contribution in [0.2, 0.25) is 0 Å². The van der Waals surface area contributed by atoms with Crippen LogP contribution in [0.25, 0.3) is 0 Å². The molecule has 35 heavy (non-hydrogen) atoms. The average molecular weight is 488 g/mol. The average Bonchev–Trinajstić information content (AvgIpc) is 2.78. The smallest absolute Gasteiger partial charge is 0.268 e. The van der Waals surface area contributed by atoms with Gasteiger partial charge in [-0.2, -0.15) is 0 Å². The quantitative estimate of drug-likeness (QED) is 0.271. The molecule has 0 saturated carbocycles. The van der Waals surface area contributed by atoms with Crippen molar-refractivity contribution < 1.29 is 24.0 Å². The molecule has 10 heteroatoms. The van der Waals surface area contributed by atoms with Gasteiger partial charge < -0.3 is 27.0 Å². The van der Waals surface area contributed by atoms with Gasteiger partial charge in [0.15, 0.2) is 0 Å². The third kappa shape index (κ3) is 9.60. The molecular formula is C25H37N5O5. The SMILES string of the molecule is C/C=C(\NC(=O)[C@H](Cc1ccccc1)NC(=O)[C@@H](NC(C)=O)C(C)C)C(=O)N[C@H](C(N)=O)C(C)C. The summed E-state index contributed by atoms with van der Waals surface area (Å²) in [4.78, 5) is 62.1. The molecule has 192 valence electrons. The molecule has 0 aliphatic heterocycles. The van der Waals surface area contributed by atoms with Crippen LogP contribution in [0.5, 0.6) is 0 Å². The maximum atomic E-state index is 13.2. The molecule has 0 aliphatic rings. The number of amides is 5. The van der Waals surface area contributed by atoms with E-state index in [0.717, 1.165) is 5.56 Å². The van der Waals surface area contributed by atoms with Crippen molar-refractivity contribution >= 4 is 29.5 Å². The lowest BCUT2D eigenvalue weighted by molar-refractivity contribution is -0.132. The summed E-state index contributed by atoms with van der Waals surface area (Å²) in [7, 11) is 0. The van der Waals surface area contributed by atoms with E-state index in [2.05, 4.69) is 21.3 Å². The van der Waals surface area contributed by atoms with Crippen molar-refractivity contribution in [2.45, 2.75) is 66.1 Å². The second-order valence-electron chi connectivity index (χ2n) is 8.96. The van der Waals surface area contributed by atoms with E-state index in [9.17, 15) is 24.0 Å². The van der Waals surface area contributed by atoms with Crippen molar-refractivity contribution in [1.29, 1.82) is 0 Å². The zero-order chi connectivity index (χ0) is 26.7. The Balaban J connectivity index is 3.12. The highest BCUT2D eigenvalue weighted by Crippen LogP contribution is 2.08. The van der Waals surface area contributed by atoms with Crippen molar-refractivity contribution in [2.75, 3.05) is 0 Å². The minimum atomic E-state index is -1.04. The van der Waals surface area contributed by atoms with E-state index in [1.165, 1.54) is 13.0 Å². The van der Waals surface area contributed by atoms with Crippen LogP contribution in [0.1, 0.15) is 47.1 Å². The first-order chi connectivity index (χ1) is 16.4. The second-order valence-corrected chi connectivity index (χ2v) is 8.96. The molecule has 0 aliphatic carbocycles. The molecule has 0 saturated heterocycles. The van der Waals surface area contributed by atoms with Gasteiger partial charge in [-0.1, -0.05) is 64.1 Å². The third-order valence-corrected chi connectivity index (χ3v) is 5.27. The number of hydrogen-bond donors (Lipinski definition) is 5. The lowest BCUT2D eigenvalue weighted by Crippen LogP contribution is -2.56. The normalized spacial score (nSPS) is 14.0. The van der Waals surface area contributed by atoms with Crippen LogP contribution in [0, 0.1) is 11.8 Å². The third-order valence-electron chi connectivity index (χ3n) is 5.27. The molecule has 0 aromatic heterocycles. The molecule has 3 atom stereocenters. The molecule has 0 fully saturated rings. The van der Waals surface area contributed by atoms with Gasteiger partial charge >= 0.3 is 0 Å². The Bertz CT molecular complexity index is 943. The van der Waals surface area contributed by atoms with Crippen LogP contribution in [0.4, 0.5) is 0 Å². The van der Waals surface area contributed by atoms with Gasteiger partial charge in [-0.15, -0.1) is 0 Å². The first-order valence-electron chi connectivity index (χ1n) is 11.6. The molecule has 0 heterocycles. The van der Waals surface area contributed by atoms with Gasteiger partial charge in [0.05, 0.1) is 0 Å². The first-order valence-corrected chi connectivity index (χ1v) is 11.6. The largest absolute Gasteiger partial charge is 0.368 e. The Hall–Kier alpha value is -3.69. The van der Waals surface area contributed by atoms with E-state index in [0.29, 0.717) is 0 Å². The van der Waals surface area contributed by atoms with Gasteiger partial charge in [0.1, 0.15) is 23.8 Å². The van der Waals surface area contributed by atoms with E-state index >= 15 is 0 Å². The van der Waals surface area contributed by atoms with E-state index in [1.54, 1.807) is 46.8 Å². The standard InChI is InChI=1S/C25H37N5O5/c1-7-18(23(33)30-20(14(2)3)22(26)32)28-24(34)19(13-17-11-9-8-10-12-17)29-25(35)21(15(4)5)27-16(6)31/h7-12,14-15,19-21H,13H2,1-6H3,(H2,26,32)(H,27,31)(H,28,34)(H,29,35)(H,30,33)/b18-7-/t19-,20-,21-/m0/s1. The van der Waals surface area contributed by atoms with E-state index in [1.807, 2.05) is 18.2 Å². The molecule has 1 aromatic carbocycles. The number of carbonyl (C=O) groups is 5. The van der Waals surface area contributed by atoms with Crippen LogP contribution >= 0.6 is 0 Å². The molecular weight excluding hydrogens is 450 g/mol. The summed E-state index contributed by atoms with van der Waals surface area (Å²) in [6.07, 6.45) is 1.54. The van der Waals surface area contributed by atoms with Crippen LogP contribution in [0.15, 0.2) is 42.1 Å². The summed E-state index contributed by atoms with van der Waals surface area (Å²) >= 11 is 0. The predicted octanol–water partition coefficient (Wildman–Crippen LogP) is 0.521. The molecule has 1 aromatic rings. The Kier molecular flexibility index (Phi) is 11.6. The topological polar surface area (TPSA) is 159 Å². The van der Waals surface area contributed by atoms with Gasteiger partial charge in [-0.25, -0.2) is 0 Å². The van der Waals surface area contributed by atoms with E-state index in [-0.39, 0.29) is 29.9 Å². The van der Waals surface area contributed by atoms with Crippen LogP contribution in [-0.2, 0) is 30.4 Å². The summed E-state index contributed by atoms with van der Waals surface area (Å²) < 4.78 is 0. The number of benzene rings is 1. The number of hydrogen-bond acceptors (Lipinski definition) is 5. The zero-order valence-electron chi connectivity index (χ0n) is 21.2. The maximum absolute atomic E-state index is 13.2. The fourth-order valence-corrected chi connectivity index (χ4v) is 3.34. The van der Waals surface area contributed by atoms with Crippen molar-refractivity contribution in [3.63, 3.8) is 0 Å². The molecule has 0 bridgehead atoms. The van der Waals surface area contributed by atoms with Crippen molar-refractivity contribution in [3.8, 4) is 0 Å². The summed E-state index contributed by atoms with van der Waals surface area (Å²) in [6.45, 7) is 9.88. The van der Waals surface area contributed by atoms with Gasteiger partial charge in [0.2, 0.25) is 23.6 Å². The van der Waals surface area contributed by atoms with Gasteiger partial charge in [0.25, 0.3) is 5.91 Å². The molecule has 6 N–H and O–H groups in total.